The van der Waals surface area contributed by atoms with Gasteiger partial charge in [0.25, 0.3) is 0 Å². The van der Waals surface area contributed by atoms with Crippen LogP contribution in [-0.4, -0.2) is 19.6 Å². The molecule has 0 spiro atoms. The Balaban J connectivity index is 0.00000469. The zero-order valence-corrected chi connectivity index (χ0v) is 35.1. The number of pyridine rings is 1. The van der Waals surface area contributed by atoms with Crippen LogP contribution < -0.4 is 0 Å². The minimum absolute atomic E-state index is 0. The summed E-state index contributed by atoms with van der Waals surface area (Å²) >= 11 is 0. The van der Waals surface area contributed by atoms with E-state index in [9.17, 15) is 5.11 Å². The van der Waals surface area contributed by atoms with Crippen LogP contribution in [-0.2, 0) is 26.5 Å². The Hall–Kier alpha value is -6.35. The summed E-state index contributed by atoms with van der Waals surface area (Å²) in [5.41, 5.74) is 16.0. The molecule has 0 atom stereocenters. The summed E-state index contributed by atoms with van der Waals surface area (Å²) in [5.74, 6) is 0.838. The van der Waals surface area contributed by atoms with Crippen LogP contribution in [0.2, 0.25) is 0 Å². The van der Waals surface area contributed by atoms with Crippen molar-refractivity contribution in [3.8, 4) is 78.6 Å². The summed E-state index contributed by atoms with van der Waals surface area (Å²) < 4.78 is 2.19. The van der Waals surface area contributed by atoms with Crippen LogP contribution in [0.3, 0.4) is 0 Å². The molecule has 0 unspecified atom stereocenters. The molecule has 7 aromatic carbocycles. The zero-order valence-electron chi connectivity index (χ0n) is 32.8. The smallest absolute Gasteiger partial charge is 0.148 e. The molecule has 1 N–H and O–H groups in total. The van der Waals surface area contributed by atoms with Crippen LogP contribution in [0.25, 0.3) is 83.9 Å². The average Bonchev–Trinajstić information content (AvgIpc) is 3.63. The van der Waals surface area contributed by atoms with Crippen LogP contribution >= 0.6 is 0 Å². The summed E-state index contributed by atoms with van der Waals surface area (Å²) in [6, 6.07) is 62.4. The third-order valence-electron chi connectivity index (χ3n) is 10.7. The third-order valence-corrected chi connectivity index (χ3v) is 10.7. The van der Waals surface area contributed by atoms with Gasteiger partial charge in [-0.1, -0.05) is 159 Å². The van der Waals surface area contributed by atoms with Crippen molar-refractivity contribution >= 4 is 11.0 Å². The molecule has 5 heteroatoms. The number of aromatic nitrogens is 3. The second-order valence-corrected chi connectivity index (χ2v) is 15.7. The van der Waals surface area contributed by atoms with E-state index in [2.05, 4.69) is 172 Å². The van der Waals surface area contributed by atoms with E-state index in [1.807, 2.05) is 36.5 Å². The fraction of sp³-hybridized carbons (Fsp3) is 0.0943. The maximum absolute atomic E-state index is 11.3. The Labute approximate surface area is 354 Å². The van der Waals surface area contributed by atoms with Crippen molar-refractivity contribution < 1.29 is 26.2 Å². The van der Waals surface area contributed by atoms with Gasteiger partial charge in [0.15, 0.2) is 0 Å². The SMILES string of the molecule is Cc1ccc(-n2c(-c3ccccc3O)nc3c(-c4[c-]c(-c5cc(-c6ccc(-c7ccccc7)cc6)ccn5)cc(C(C)(C)C)c4)cccc32)c(-c2ccccc2)c1.[Pt]. The first-order valence-electron chi connectivity index (χ1n) is 19.4. The molecule has 2 heterocycles. The number of hydrogen-bond acceptors (Lipinski definition) is 3. The second kappa shape index (κ2) is 15.9. The molecule has 9 rings (SSSR count). The summed E-state index contributed by atoms with van der Waals surface area (Å²) in [7, 11) is 0. The fourth-order valence-electron chi connectivity index (χ4n) is 7.63. The number of fused-ring (bicyclic) bond motifs is 1. The number of aryl methyl sites for hydroxylation is 1. The first-order chi connectivity index (χ1) is 27.7. The van der Waals surface area contributed by atoms with Crippen molar-refractivity contribution in [3.05, 3.63) is 193 Å². The Morgan fingerprint density at radius 3 is 1.88 bits per heavy atom. The molecular weight excluding hydrogens is 890 g/mol. The summed E-state index contributed by atoms with van der Waals surface area (Å²) in [5, 5.41) is 11.3. The third kappa shape index (κ3) is 7.44. The number of phenols is 1. The fourth-order valence-corrected chi connectivity index (χ4v) is 7.63. The number of benzene rings is 7. The van der Waals surface area contributed by atoms with Gasteiger partial charge in [-0.15, -0.1) is 29.3 Å². The van der Waals surface area contributed by atoms with Gasteiger partial charge in [-0.2, -0.15) is 0 Å². The van der Waals surface area contributed by atoms with E-state index in [-0.39, 0.29) is 32.2 Å². The summed E-state index contributed by atoms with van der Waals surface area (Å²) in [6.07, 6.45) is 1.89. The molecule has 0 radical (unpaired) electrons. The molecular formula is C53H42N3OPt-. The number of imidazole rings is 1. The topological polar surface area (TPSA) is 50.9 Å². The largest absolute Gasteiger partial charge is 0.507 e. The molecule has 9 aromatic rings. The summed E-state index contributed by atoms with van der Waals surface area (Å²) in [4.78, 5) is 10.3. The van der Waals surface area contributed by atoms with Crippen molar-refractivity contribution in [2.24, 2.45) is 0 Å². The van der Waals surface area contributed by atoms with Crippen molar-refractivity contribution in [2.75, 3.05) is 0 Å². The molecule has 0 saturated carbocycles. The molecule has 0 bridgehead atoms. The van der Waals surface area contributed by atoms with E-state index in [1.54, 1.807) is 6.07 Å². The molecule has 0 saturated heterocycles. The second-order valence-electron chi connectivity index (χ2n) is 15.7. The molecule has 0 aliphatic carbocycles. The summed E-state index contributed by atoms with van der Waals surface area (Å²) in [6.45, 7) is 8.83. The van der Waals surface area contributed by atoms with E-state index < -0.39 is 0 Å². The minimum atomic E-state index is -0.149. The predicted octanol–water partition coefficient (Wildman–Crippen LogP) is 13.5. The van der Waals surface area contributed by atoms with Gasteiger partial charge in [-0.25, -0.2) is 4.98 Å². The number of aromatic hydroxyl groups is 1. The van der Waals surface area contributed by atoms with Crippen LogP contribution in [0.4, 0.5) is 0 Å². The van der Waals surface area contributed by atoms with E-state index in [0.717, 1.165) is 66.9 Å². The molecule has 286 valence electrons. The van der Waals surface area contributed by atoms with Gasteiger partial charge < -0.3 is 5.11 Å². The Morgan fingerprint density at radius 2 is 1.17 bits per heavy atom. The first-order valence-corrected chi connectivity index (χ1v) is 19.4. The average molecular weight is 932 g/mol. The Bertz CT molecular complexity index is 2890. The van der Waals surface area contributed by atoms with E-state index in [1.165, 1.54) is 16.7 Å². The molecule has 4 nitrogen and oxygen atoms in total. The maximum Gasteiger partial charge on any atom is 0.148 e. The van der Waals surface area contributed by atoms with Crippen LogP contribution in [0.5, 0.6) is 5.75 Å². The number of rotatable bonds is 7. The number of hydrogen-bond donors (Lipinski definition) is 1. The monoisotopic (exact) mass is 931 g/mol. The number of nitrogens with zero attached hydrogens (tertiary/aromatic N) is 3. The van der Waals surface area contributed by atoms with Gasteiger partial charge >= 0.3 is 0 Å². The van der Waals surface area contributed by atoms with Crippen molar-refractivity contribution in [1.29, 1.82) is 0 Å². The van der Waals surface area contributed by atoms with Gasteiger partial charge in [-0.05, 0) is 76.6 Å². The first kappa shape index (κ1) is 38.5. The van der Waals surface area contributed by atoms with Crippen LogP contribution in [0.15, 0.2) is 176 Å². The number of phenolic OH excluding ortho intramolecular Hbond substituents is 1. The van der Waals surface area contributed by atoms with Gasteiger partial charge in [0.05, 0.1) is 22.3 Å². The minimum Gasteiger partial charge on any atom is -0.507 e. The van der Waals surface area contributed by atoms with Gasteiger partial charge in [-0.3, -0.25) is 9.55 Å². The standard InChI is InChI=1S/C53H42N3O.Pt/c1-35-22-27-48(46(30-35)39-16-9-6-10-17-39)56-49-20-13-19-44(51(49)55-52(56)45-18-11-12-21-50(45)57)41-31-42(33-43(32-41)53(2,3)4)47-34-40(28-29-54-47)38-25-23-37(24-26-38)36-14-7-5-8-15-36;/h5-30,32-34,57H,1-4H3;/q-1;. The van der Waals surface area contributed by atoms with Crippen LogP contribution in [0, 0.1) is 13.0 Å². The molecule has 0 fully saturated rings. The maximum atomic E-state index is 11.3. The molecule has 0 aliphatic heterocycles. The van der Waals surface area contributed by atoms with Crippen molar-refractivity contribution in [3.63, 3.8) is 0 Å². The van der Waals surface area contributed by atoms with Crippen molar-refractivity contribution in [2.45, 2.75) is 33.1 Å². The van der Waals surface area contributed by atoms with Gasteiger partial charge in [0.1, 0.15) is 11.6 Å². The molecule has 58 heavy (non-hydrogen) atoms. The normalized spacial score (nSPS) is 11.4. The number of para-hydroxylation sites is 2. The van der Waals surface area contributed by atoms with Crippen LogP contribution in [0.1, 0.15) is 31.9 Å². The Kier molecular flexibility index (Phi) is 10.6. The Morgan fingerprint density at radius 1 is 0.552 bits per heavy atom. The zero-order chi connectivity index (χ0) is 39.1. The van der Waals surface area contributed by atoms with E-state index in [0.29, 0.717) is 11.4 Å². The molecule has 0 aliphatic rings. The quantitative estimate of drug-likeness (QED) is 0.162. The molecule has 2 aromatic heterocycles. The van der Waals surface area contributed by atoms with Gasteiger partial charge in [0.2, 0.25) is 0 Å². The van der Waals surface area contributed by atoms with E-state index in [4.69, 9.17) is 9.97 Å². The van der Waals surface area contributed by atoms with E-state index >= 15 is 0 Å². The predicted molar refractivity (Wildman–Crippen MR) is 235 cm³/mol. The van der Waals surface area contributed by atoms with Gasteiger partial charge in [0, 0.05) is 38.5 Å². The van der Waals surface area contributed by atoms with Crippen molar-refractivity contribution in [1.82, 2.24) is 14.5 Å². The molecule has 0 amide bonds.